The van der Waals surface area contributed by atoms with Crippen molar-refractivity contribution in [1.29, 1.82) is 0 Å². The summed E-state index contributed by atoms with van der Waals surface area (Å²) in [4.78, 5) is 36.2. The van der Waals surface area contributed by atoms with E-state index in [9.17, 15) is 39.9 Å². The number of carboxylic acids is 2. The van der Waals surface area contributed by atoms with Crippen molar-refractivity contribution in [1.82, 2.24) is 60.6 Å². The van der Waals surface area contributed by atoms with E-state index in [1.807, 2.05) is 159 Å². The van der Waals surface area contributed by atoms with Gasteiger partial charge in [0.05, 0.1) is 155 Å². The van der Waals surface area contributed by atoms with Gasteiger partial charge in [0.2, 0.25) is 0 Å². The lowest BCUT2D eigenvalue weighted by Crippen LogP contribution is -2.32. The van der Waals surface area contributed by atoms with Gasteiger partial charge in [0.25, 0.3) is 6.47 Å². The Morgan fingerprint density at radius 3 is 0.938 bits per heavy atom. The summed E-state index contributed by atoms with van der Waals surface area (Å²) in [5.41, 5.74) is 7.02. The molecule has 0 fully saturated rings. The summed E-state index contributed by atoms with van der Waals surface area (Å²) >= 11 is 0. The molecule has 3 heterocycles. The normalized spacial score (nSPS) is 14.6. The van der Waals surface area contributed by atoms with Gasteiger partial charge in [-0.05, 0) is 308 Å². The van der Waals surface area contributed by atoms with E-state index in [1.54, 1.807) is 0 Å². The number of tetrazole rings is 3. The van der Waals surface area contributed by atoms with Gasteiger partial charge in [-0.3, -0.25) is 14.4 Å². The van der Waals surface area contributed by atoms with Crippen LogP contribution in [0.1, 0.15) is 147 Å². The van der Waals surface area contributed by atoms with Gasteiger partial charge in [0, 0.05) is 49.7 Å². The molecule has 10 rings (SSSR count). The quantitative estimate of drug-likeness (QED) is 0.0130. The van der Waals surface area contributed by atoms with Crippen LogP contribution in [0.4, 0.5) is 0 Å². The Balaban J connectivity index is 0.725. The maximum atomic E-state index is 12.4. The average Bonchev–Trinajstić information content (AvgIpc) is 1.49. The van der Waals surface area contributed by atoms with Crippen molar-refractivity contribution in [2.75, 3.05) is 139 Å². The lowest BCUT2D eigenvalue weighted by molar-refractivity contribution is -0.146. The van der Waals surface area contributed by atoms with Crippen molar-refractivity contribution in [3.63, 3.8) is 0 Å². The van der Waals surface area contributed by atoms with Crippen LogP contribution in [0.25, 0.3) is 67.5 Å². The van der Waals surface area contributed by atoms with E-state index in [4.69, 9.17) is 76.9 Å². The van der Waals surface area contributed by atoms with Gasteiger partial charge in [0.15, 0.2) is 17.5 Å². The second kappa shape index (κ2) is 60.3. The first-order valence-corrected chi connectivity index (χ1v) is 50.5. The number of benzene rings is 7. The molecule has 0 aliphatic rings. The van der Waals surface area contributed by atoms with Crippen LogP contribution in [0.2, 0.25) is 0 Å². The molecule has 0 radical (unpaired) electrons. The Labute approximate surface area is 851 Å². The van der Waals surface area contributed by atoms with Crippen LogP contribution in [-0.2, 0) is 81.4 Å². The number of nitrogens with zero attached hydrogens (tertiary/aromatic N) is 12. The van der Waals surface area contributed by atoms with Crippen molar-refractivity contribution in [3.05, 3.63) is 164 Å². The van der Waals surface area contributed by atoms with Crippen LogP contribution in [0, 0.1) is 63.6 Å². The van der Waals surface area contributed by atoms with Crippen LogP contribution >= 0.6 is 0 Å². The third-order valence-corrected chi connectivity index (χ3v) is 25.8. The van der Waals surface area contributed by atoms with Crippen LogP contribution in [0.5, 0.6) is 34.5 Å². The van der Waals surface area contributed by atoms with Crippen molar-refractivity contribution in [2.24, 2.45) is 63.6 Å². The summed E-state index contributed by atoms with van der Waals surface area (Å²) in [7, 11) is 0. The predicted octanol–water partition coefficient (Wildman–Crippen LogP) is 16.0. The van der Waals surface area contributed by atoms with E-state index >= 15 is 0 Å². The molecule has 0 amide bonds. The molecular formula is C109H152N12O24. The maximum Gasteiger partial charge on any atom is 0.306 e. The van der Waals surface area contributed by atoms with Gasteiger partial charge in [-0.1, -0.05) is 119 Å². The number of aliphatic carboxylic acids is 2. The Kier molecular flexibility index (Phi) is 48.2. The van der Waals surface area contributed by atoms with Gasteiger partial charge in [-0.15, -0.1) is 15.3 Å². The summed E-state index contributed by atoms with van der Waals surface area (Å²) < 4.78 is 80.9. The molecule has 0 bridgehead atoms. The van der Waals surface area contributed by atoms with E-state index in [2.05, 4.69) is 134 Å². The minimum absolute atomic E-state index is 0.0306. The number of hydrogen-bond acceptors (Lipinski definition) is 31. The first kappa shape index (κ1) is 116. The summed E-state index contributed by atoms with van der Waals surface area (Å²) in [6.45, 7) is 30.9. The third kappa shape index (κ3) is 40.3. The Morgan fingerprint density at radius 2 is 0.628 bits per heavy atom. The smallest absolute Gasteiger partial charge is 0.306 e. The Bertz CT molecular complexity index is 5140. The van der Waals surface area contributed by atoms with E-state index in [1.165, 1.54) is 14.0 Å². The summed E-state index contributed by atoms with van der Waals surface area (Å²) in [5, 5.41) is 118. The highest BCUT2D eigenvalue weighted by molar-refractivity contribution is 5.82. The molecule has 12 atom stereocenters. The molecule has 0 aliphatic heterocycles. The van der Waals surface area contributed by atoms with E-state index in [0.717, 1.165) is 65.5 Å². The van der Waals surface area contributed by atoms with Gasteiger partial charge >= 0.3 is 11.9 Å². The lowest BCUT2D eigenvalue weighted by Gasteiger charge is -2.32. The highest BCUT2D eigenvalue weighted by Gasteiger charge is 2.36. The number of hydrogen-bond donors (Lipinski definition) is 8. The molecule has 10 aromatic rings. The number of rotatable bonds is 74. The van der Waals surface area contributed by atoms with Gasteiger partial charge in [-0.2, -0.15) is 0 Å². The van der Waals surface area contributed by atoms with Crippen molar-refractivity contribution >= 4 is 18.4 Å². The third-order valence-electron chi connectivity index (χ3n) is 25.8. The average molecular weight is 2010 g/mol. The highest BCUT2D eigenvalue weighted by atomic mass is 16.6. The molecule has 792 valence electrons. The standard InChI is InChI=1S/C109H152N12O24/c1-75(57-78(4)99(105(129)130)63-107(7,8)39-46-135-48-41-122)37-44-133-51-53-138-70-90(126)66-119-102(110-113-116-119)84-19-31-96(32-20-84)143-93-25-13-81(14-26-93)87-60-88(82-15-27-94(28-16-82)144-97-33-21-85(22-34-97)103-111-114-117-120(103)67-91(127)71-139-54-52-134-45-38-76(2)58-79(5)100(106(131)132)64-108(9,10)40-47-136-49-42-123)62-89(61-87)83-17-29-95(30-18-83)145-98-35-23-86(24-36-98)104-112-115-118-121(104)68-92(128)72-140-56-55-137-69-77(3)59-80(6)101(142-74-125)65-109(11,12)73-141-50-43-124/h13-36,60-62,74-80,90-92,99-101,122-124,126-128H,37-59,63-73H2,1-12H3,(H,129,130)(H,131,132). The minimum Gasteiger partial charge on any atom is -0.481 e. The topological polar surface area (TPSA) is 464 Å². The molecule has 36 nitrogen and oxygen atoms in total. The van der Waals surface area contributed by atoms with Crippen LogP contribution in [-0.4, -0.2) is 283 Å². The zero-order valence-electron chi connectivity index (χ0n) is 86.1. The monoisotopic (exact) mass is 2010 g/mol. The van der Waals surface area contributed by atoms with Crippen molar-refractivity contribution in [3.8, 4) is 102 Å². The van der Waals surface area contributed by atoms with Gasteiger partial charge in [-0.25, -0.2) is 14.0 Å². The van der Waals surface area contributed by atoms with Crippen molar-refractivity contribution < 1.29 is 117 Å². The number of aliphatic hydroxyl groups excluding tert-OH is 6. The second-order valence-corrected chi connectivity index (χ2v) is 40.5. The van der Waals surface area contributed by atoms with Crippen LogP contribution < -0.4 is 14.2 Å². The predicted molar refractivity (Wildman–Crippen MR) is 545 cm³/mol. The SMILES string of the molecule is CC(COCCOCC(O)Cn1nnnc1-c1ccc(Oc2ccc(-c3cc(-c4ccc(Oc5ccc(-c6nnnn6CC(O)COCCOCCC(C)CC(C)C(CC(C)(C)CCOCCO)C(=O)O)cc5)cc4)cc(-c4ccc(Oc5ccc(-c6nnnn6CC(O)COCCOCCC(C)CC(C)C(CC(C)(C)CCOCCO)C(=O)O)cc5)cc4)c3)cc2)cc1)CC(C)C(CC(C)(C)COCCO)OC=O. The molecule has 3 aromatic heterocycles. The fourth-order valence-corrected chi connectivity index (χ4v) is 17.8. The van der Waals surface area contributed by atoms with Crippen LogP contribution in [0.3, 0.4) is 0 Å². The second-order valence-electron chi connectivity index (χ2n) is 40.5. The summed E-state index contributed by atoms with van der Waals surface area (Å²) in [6, 6.07) is 52.2. The number of ether oxygens (including phenoxy) is 13. The molecule has 12 unspecified atom stereocenters. The largest absolute Gasteiger partial charge is 0.481 e. The number of carbonyl (C=O) groups excluding carboxylic acids is 1. The number of aromatic nitrogens is 12. The fourth-order valence-electron chi connectivity index (χ4n) is 17.8. The molecular weight excluding hydrogens is 1860 g/mol. The molecule has 8 N–H and O–H groups in total. The first-order chi connectivity index (χ1) is 69.7. The van der Waals surface area contributed by atoms with E-state index in [0.29, 0.717) is 167 Å². The number of aliphatic hydroxyl groups is 6. The molecule has 0 saturated carbocycles. The molecule has 0 saturated heterocycles. The van der Waals surface area contributed by atoms with Crippen LogP contribution in [0.15, 0.2) is 164 Å². The summed E-state index contributed by atoms with van der Waals surface area (Å²) in [5.74, 6) is 3.01. The minimum atomic E-state index is -0.916. The Morgan fingerprint density at radius 1 is 0.338 bits per heavy atom. The fraction of sp³-hybridized carbons (Fsp3) is 0.560. The molecule has 145 heavy (non-hydrogen) atoms. The van der Waals surface area contributed by atoms with Gasteiger partial charge < -0.3 is 102 Å². The zero-order chi connectivity index (χ0) is 104. The summed E-state index contributed by atoms with van der Waals surface area (Å²) in [6.07, 6.45) is 3.84. The molecule has 0 spiro atoms. The number of carbonyl (C=O) groups is 3. The molecule has 0 aliphatic carbocycles. The van der Waals surface area contributed by atoms with Gasteiger partial charge in [0.1, 0.15) is 40.6 Å². The first-order valence-electron chi connectivity index (χ1n) is 50.5. The van der Waals surface area contributed by atoms with E-state index in [-0.39, 0.29) is 157 Å². The molecule has 7 aromatic carbocycles. The highest BCUT2D eigenvalue weighted by Crippen LogP contribution is 2.42. The molecule has 36 heteroatoms. The zero-order valence-corrected chi connectivity index (χ0v) is 86.1. The Hall–Kier alpha value is -11.0. The number of carboxylic acid groups (broad SMARTS) is 2. The van der Waals surface area contributed by atoms with Crippen molar-refractivity contribution in [2.45, 2.75) is 191 Å². The van der Waals surface area contributed by atoms with E-state index < -0.39 is 42.1 Å². The lowest BCUT2D eigenvalue weighted by atomic mass is 9.74. The maximum absolute atomic E-state index is 12.4.